The highest BCUT2D eigenvalue weighted by Gasteiger charge is 2.36. The summed E-state index contributed by atoms with van der Waals surface area (Å²) in [5.74, 6) is -0.460. The molecule has 2 heterocycles. The molecular formula is C17H17Cl2N3O3S2. The molecule has 144 valence electrons. The van der Waals surface area contributed by atoms with E-state index >= 15 is 0 Å². The number of sulfone groups is 1. The largest absolute Gasteiger partial charge is 0.329 e. The number of halogens is 2. The van der Waals surface area contributed by atoms with Gasteiger partial charge in [-0.2, -0.15) is 0 Å². The first kappa shape index (κ1) is 20.4. The summed E-state index contributed by atoms with van der Waals surface area (Å²) in [6, 6.07) is 6.70. The van der Waals surface area contributed by atoms with Gasteiger partial charge in [0.1, 0.15) is 0 Å². The maximum atomic E-state index is 13.3. The van der Waals surface area contributed by atoms with Crippen molar-refractivity contribution in [3.63, 3.8) is 0 Å². The van der Waals surface area contributed by atoms with Gasteiger partial charge in [0.15, 0.2) is 20.7 Å². The molecule has 0 radical (unpaired) electrons. The van der Waals surface area contributed by atoms with Gasteiger partial charge in [0.05, 0.1) is 22.7 Å². The maximum absolute atomic E-state index is 13.3. The molecule has 0 unspecified atom stereocenters. The zero-order valence-electron chi connectivity index (χ0n) is 14.4. The van der Waals surface area contributed by atoms with Crippen LogP contribution in [0.2, 0.25) is 10.0 Å². The van der Waals surface area contributed by atoms with Crippen LogP contribution in [0.5, 0.6) is 0 Å². The highest BCUT2D eigenvalue weighted by atomic mass is 35.5. The lowest BCUT2D eigenvalue weighted by Gasteiger charge is -2.28. The lowest BCUT2D eigenvalue weighted by Crippen LogP contribution is -2.41. The fourth-order valence-corrected chi connectivity index (χ4v) is 5.37. The Bertz CT molecular complexity index is 970. The second-order valence-corrected chi connectivity index (χ2v) is 9.95. The van der Waals surface area contributed by atoms with Crippen LogP contribution in [0.3, 0.4) is 0 Å². The average molecular weight is 446 g/mol. The molecule has 0 N–H and O–H groups in total. The van der Waals surface area contributed by atoms with Crippen LogP contribution in [-0.2, 0) is 16.4 Å². The summed E-state index contributed by atoms with van der Waals surface area (Å²) in [4.78, 5) is 23.0. The van der Waals surface area contributed by atoms with E-state index in [-0.39, 0.29) is 28.8 Å². The minimum Gasteiger partial charge on any atom is -0.329 e. The summed E-state index contributed by atoms with van der Waals surface area (Å²) in [5.41, 5.74) is 0.791. The summed E-state index contributed by atoms with van der Waals surface area (Å²) < 4.78 is 23.9. The molecule has 10 heteroatoms. The van der Waals surface area contributed by atoms with Crippen LogP contribution >= 0.6 is 35.0 Å². The second-order valence-electron chi connectivity index (χ2n) is 6.13. The number of rotatable bonds is 5. The van der Waals surface area contributed by atoms with Gasteiger partial charge >= 0.3 is 0 Å². The first-order valence-electron chi connectivity index (χ1n) is 8.12. The number of nitrogens with zero attached hydrogens (tertiary/aromatic N) is 3. The molecule has 3 rings (SSSR count). The lowest BCUT2D eigenvalue weighted by molar-refractivity contribution is 0.0674. The minimum atomic E-state index is -3.18. The maximum Gasteiger partial charge on any atom is 0.274 e. The van der Waals surface area contributed by atoms with Crippen molar-refractivity contribution in [2.24, 2.45) is 0 Å². The Balaban J connectivity index is 1.99. The first-order valence-corrected chi connectivity index (χ1v) is 11.9. The smallest absolute Gasteiger partial charge is 0.274 e. The Morgan fingerprint density at radius 2 is 2.04 bits per heavy atom. The molecular weight excluding hydrogens is 429 g/mol. The van der Waals surface area contributed by atoms with E-state index in [0.717, 1.165) is 5.56 Å². The highest BCUT2D eigenvalue weighted by Crippen LogP contribution is 2.27. The monoisotopic (exact) mass is 445 g/mol. The molecule has 1 amide bonds. The van der Waals surface area contributed by atoms with E-state index in [2.05, 4.69) is 9.97 Å². The van der Waals surface area contributed by atoms with Gasteiger partial charge in [-0.1, -0.05) is 53.2 Å². The number of carbonyl (C=O) groups is 1. The molecule has 1 saturated heterocycles. The van der Waals surface area contributed by atoms with Crippen molar-refractivity contribution in [2.75, 3.05) is 17.8 Å². The molecule has 1 fully saturated rings. The van der Waals surface area contributed by atoms with Gasteiger partial charge in [-0.05, 0) is 24.3 Å². The second kappa shape index (κ2) is 8.34. The zero-order valence-corrected chi connectivity index (χ0v) is 17.6. The molecule has 1 aromatic heterocycles. The van der Waals surface area contributed by atoms with Gasteiger partial charge in [0, 0.05) is 17.6 Å². The van der Waals surface area contributed by atoms with Crippen molar-refractivity contribution in [1.82, 2.24) is 14.9 Å². The van der Waals surface area contributed by atoms with E-state index in [4.69, 9.17) is 23.2 Å². The standard InChI is InChI=1S/C17H17Cl2N3O3S2/c1-26-17-20-8-14(19)15(21-17)16(23)22(12-6-7-27(24,25)10-12)9-11-4-2-3-5-13(11)18/h2-5,8,12H,6-7,9-10H2,1H3/t12-/m0/s1. The fraction of sp³-hybridized carbons (Fsp3) is 0.353. The molecule has 6 nitrogen and oxygen atoms in total. The predicted octanol–water partition coefficient (Wildman–Crippen LogP) is 3.33. The van der Waals surface area contributed by atoms with Crippen LogP contribution in [0.15, 0.2) is 35.6 Å². The number of carbonyl (C=O) groups excluding carboxylic acids is 1. The summed E-state index contributed by atoms with van der Waals surface area (Å²) in [5, 5.41) is 1.05. The van der Waals surface area contributed by atoms with Crippen molar-refractivity contribution < 1.29 is 13.2 Å². The van der Waals surface area contributed by atoms with Crippen LogP contribution < -0.4 is 0 Å². The zero-order chi connectivity index (χ0) is 19.6. The molecule has 1 aliphatic heterocycles. The number of thioether (sulfide) groups is 1. The Hall–Kier alpha value is -1.35. The summed E-state index contributed by atoms with van der Waals surface area (Å²) >= 11 is 13.7. The van der Waals surface area contributed by atoms with E-state index < -0.39 is 21.8 Å². The van der Waals surface area contributed by atoms with Gasteiger partial charge in [-0.3, -0.25) is 4.79 Å². The van der Waals surface area contributed by atoms with Crippen LogP contribution in [0.25, 0.3) is 0 Å². The van der Waals surface area contributed by atoms with Crippen LogP contribution in [0.1, 0.15) is 22.5 Å². The third kappa shape index (κ3) is 4.74. The van der Waals surface area contributed by atoms with Crippen molar-refractivity contribution in [1.29, 1.82) is 0 Å². The van der Waals surface area contributed by atoms with Crippen LogP contribution in [0.4, 0.5) is 0 Å². The van der Waals surface area contributed by atoms with Gasteiger partial charge in [-0.25, -0.2) is 18.4 Å². The van der Waals surface area contributed by atoms with E-state index in [1.54, 1.807) is 24.5 Å². The first-order chi connectivity index (χ1) is 12.8. The Morgan fingerprint density at radius 1 is 1.30 bits per heavy atom. The van der Waals surface area contributed by atoms with Gasteiger partial charge in [-0.15, -0.1) is 0 Å². The van der Waals surface area contributed by atoms with Crippen molar-refractivity contribution in [3.05, 3.63) is 51.8 Å². The molecule has 0 aliphatic carbocycles. The van der Waals surface area contributed by atoms with Gasteiger partial charge in [0.2, 0.25) is 0 Å². The molecule has 1 atom stereocenters. The predicted molar refractivity (Wildman–Crippen MR) is 107 cm³/mol. The van der Waals surface area contributed by atoms with E-state index in [0.29, 0.717) is 16.6 Å². The van der Waals surface area contributed by atoms with Crippen LogP contribution in [-0.4, -0.2) is 53.0 Å². The Kier molecular flexibility index (Phi) is 6.30. The normalized spacial score (nSPS) is 18.4. The molecule has 1 aliphatic rings. The number of aromatic nitrogens is 2. The molecule has 0 saturated carbocycles. The molecule has 27 heavy (non-hydrogen) atoms. The molecule has 2 aromatic rings. The van der Waals surface area contributed by atoms with Crippen molar-refractivity contribution in [3.8, 4) is 0 Å². The van der Waals surface area contributed by atoms with E-state index in [1.165, 1.54) is 22.9 Å². The minimum absolute atomic E-state index is 0.0531. The number of hydrogen-bond donors (Lipinski definition) is 0. The quantitative estimate of drug-likeness (QED) is 0.518. The Labute approximate surface area is 172 Å². The summed E-state index contributed by atoms with van der Waals surface area (Å²) in [7, 11) is -3.18. The third-order valence-corrected chi connectivity index (χ3v) is 7.27. The SMILES string of the molecule is CSc1ncc(Cl)c(C(=O)N(Cc2ccccc2Cl)[C@H]2CCS(=O)(=O)C2)n1. The third-order valence-electron chi connectivity index (χ3n) is 4.32. The highest BCUT2D eigenvalue weighted by molar-refractivity contribution is 7.98. The lowest BCUT2D eigenvalue weighted by atomic mass is 10.1. The number of amides is 1. The average Bonchev–Trinajstić information content (AvgIpc) is 3.00. The Morgan fingerprint density at radius 3 is 2.67 bits per heavy atom. The van der Waals surface area contributed by atoms with Crippen LogP contribution in [0, 0.1) is 0 Å². The van der Waals surface area contributed by atoms with E-state index in [1.807, 2.05) is 6.07 Å². The summed E-state index contributed by atoms with van der Waals surface area (Å²) in [6.07, 6.45) is 3.55. The van der Waals surface area contributed by atoms with Crippen molar-refractivity contribution in [2.45, 2.75) is 24.2 Å². The topological polar surface area (TPSA) is 80.2 Å². The van der Waals surface area contributed by atoms with Gasteiger partial charge < -0.3 is 4.90 Å². The molecule has 1 aromatic carbocycles. The molecule has 0 bridgehead atoms. The molecule has 0 spiro atoms. The number of benzene rings is 1. The summed E-state index contributed by atoms with van der Waals surface area (Å²) in [6.45, 7) is 0.174. The van der Waals surface area contributed by atoms with Gasteiger partial charge in [0.25, 0.3) is 5.91 Å². The fourth-order valence-electron chi connectivity index (χ4n) is 2.93. The number of hydrogen-bond acceptors (Lipinski definition) is 6. The van der Waals surface area contributed by atoms with E-state index in [9.17, 15) is 13.2 Å². The van der Waals surface area contributed by atoms with Crippen molar-refractivity contribution >= 4 is 50.7 Å².